The first-order chi connectivity index (χ1) is 5.60. The number of alkyl halides is 2. The highest BCUT2D eigenvalue weighted by Gasteiger charge is 2.09. The number of rotatable bonds is 4. The molecular weight excluding hydrogens is 174 g/mol. The molecule has 0 aliphatic carbocycles. The molecule has 0 amide bonds. The smallest absolute Gasteiger partial charge is 0.345 e. The Labute approximate surface area is 66.8 Å². The van der Waals surface area contributed by atoms with Gasteiger partial charge < -0.3 is 9.47 Å². The quantitative estimate of drug-likeness (QED) is 0.466. The van der Waals surface area contributed by atoms with E-state index in [0.717, 1.165) is 0 Å². The van der Waals surface area contributed by atoms with E-state index in [9.17, 15) is 18.4 Å². The van der Waals surface area contributed by atoms with Gasteiger partial charge in [0.2, 0.25) is 0 Å². The highest BCUT2D eigenvalue weighted by atomic mass is 19.1. The highest BCUT2D eigenvalue weighted by Crippen LogP contribution is 1.98. The maximum Gasteiger partial charge on any atom is 0.345 e. The van der Waals surface area contributed by atoms with Crippen molar-refractivity contribution >= 4 is 11.9 Å². The van der Waals surface area contributed by atoms with Crippen LogP contribution in [-0.4, -0.2) is 25.3 Å². The molecule has 0 aromatic rings. The maximum atomic E-state index is 11.4. The SMILES string of the molecule is C=C(OC(=O)CF)OC(=O)CF. The molecule has 0 aliphatic rings. The lowest BCUT2D eigenvalue weighted by Gasteiger charge is -2.03. The number of hydrogen-bond acceptors (Lipinski definition) is 4. The third-order valence-corrected chi connectivity index (χ3v) is 0.674. The molecule has 0 heterocycles. The van der Waals surface area contributed by atoms with E-state index in [2.05, 4.69) is 16.1 Å². The summed E-state index contributed by atoms with van der Waals surface area (Å²) in [6.07, 6.45) is 0. The minimum atomic E-state index is -1.37. The Kier molecular flexibility index (Phi) is 4.59. The first kappa shape index (κ1) is 10.5. The molecule has 0 saturated carbocycles. The van der Waals surface area contributed by atoms with Crippen molar-refractivity contribution in [1.29, 1.82) is 0 Å². The molecule has 0 fully saturated rings. The van der Waals surface area contributed by atoms with Gasteiger partial charge in [0, 0.05) is 0 Å². The average Bonchev–Trinajstić information content (AvgIpc) is 2.03. The van der Waals surface area contributed by atoms with Gasteiger partial charge in [0.25, 0.3) is 5.95 Å². The van der Waals surface area contributed by atoms with Gasteiger partial charge in [-0.2, -0.15) is 0 Å². The van der Waals surface area contributed by atoms with Crippen molar-refractivity contribution in [2.75, 3.05) is 13.3 Å². The van der Waals surface area contributed by atoms with Crippen molar-refractivity contribution in [2.24, 2.45) is 0 Å². The summed E-state index contributed by atoms with van der Waals surface area (Å²) < 4.78 is 30.8. The summed E-state index contributed by atoms with van der Waals surface area (Å²) in [6, 6.07) is 0. The zero-order chi connectivity index (χ0) is 9.56. The summed E-state index contributed by atoms with van der Waals surface area (Å²) in [4.78, 5) is 20.3. The summed E-state index contributed by atoms with van der Waals surface area (Å²) >= 11 is 0. The van der Waals surface area contributed by atoms with Gasteiger partial charge in [-0.05, 0) is 6.58 Å². The van der Waals surface area contributed by atoms with Gasteiger partial charge in [0.05, 0.1) is 0 Å². The molecule has 0 saturated heterocycles. The molecule has 0 aromatic carbocycles. The van der Waals surface area contributed by atoms with Crippen molar-refractivity contribution in [1.82, 2.24) is 0 Å². The molecule has 68 valence electrons. The Balaban J connectivity index is 3.74. The first-order valence-corrected chi connectivity index (χ1v) is 2.82. The number of halogens is 2. The summed E-state index contributed by atoms with van der Waals surface area (Å²) in [5.74, 6) is -3.25. The van der Waals surface area contributed by atoms with Gasteiger partial charge in [0.1, 0.15) is 0 Å². The van der Waals surface area contributed by atoms with Crippen LogP contribution in [0.15, 0.2) is 12.5 Å². The van der Waals surface area contributed by atoms with E-state index >= 15 is 0 Å². The highest BCUT2D eigenvalue weighted by molar-refractivity contribution is 5.73. The predicted octanol–water partition coefficient (Wildman–Crippen LogP) is 0.483. The first-order valence-electron chi connectivity index (χ1n) is 2.82. The van der Waals surface area contributed by atoms with Gasteiger partial charge in [0.15, 0.2) is 13.3 Å². The van der Waals surface area contributed by atoms with Crippen LogP contribution in [0, 0.1) is 0 Å². The van der Waals surface area contributed by atoms with Gasteiger partial charge in [-0.15, -0.1) is 0 Å². The van der Waals surface area contributed by atoms with E-state index in [4.69, 9.17) is 0 Å². The van der Waals surface area contributed by atoms with E-state index in [-0.39, 0.29) is 0 Å². The van der Waals surface area contributed by atoms with Crippen molar-refractivity contribution in [3.05, 3.63) is 12.5 Å². The summed E-state index contributed by atoms with van der Waals surface area (Å²) in [7, 11) is 0. The molecule has 0 spiro atoms. The van der Waals surface area contributed by atoms with E-state index in [0.29, 0.717) is 0 Å². The second-order valence-electron chi connectivity index (χ2n) is 1.59. The minimum absolute atomic E-state index is 0.736. The van der Waals surface area contributed by atoms with Crippen LogP contribution in [0.4, 0.5) is 8.78 Å². The van der Waals surface area contributed by atoms with Crippen LogP contribution < -0.4 is 0 Å². The zero-order valence-corrected chi connectivity index (χ0v) is 6.01. The Morgan fingerprint density at radius 1 is 1.08 bits per heavy atom. The fourth-order valence-electron chi connectivity index (χ4n) is 0.329. The molecular formula is C6H6F2O4. The predicted molar refractivity (Wildman–Crippen MR) is 33.3 cm³/mol. The molecule has 0 bridgehead atoms. The fourth-order valence-corrected chi connectivity index (χ4v) is 0.329. The summed E-state index contributed by atoms with van der Waals surface area (Å²) in [5.41, 5.74) is 0. The van der Waals surface area contributed by atoms with Gasteiger partial charge in [-0.1, -0.05) is 0 Å². The van der Waals surface area contributed by atoms with Gasteiger partial charge >= 0.3 is 11.9 Å². The van der Waals surface area contributed by atoms with Crippen LogP contribution in [0.25, 0.3) is 0 Å². The molecule has 0 aliphatic heterocycles. The minimum Gasteiger partial charge on any atom is -0.391 e. The van der Waals surface area contributed by atoms with E-state index in [1.165, 1.54) is 0 Å². The number of carbonyl (C=O) groups excluding carboxylic acids is 2. The molecule has 0 atom stereocenters. The number of ether oxygens (including phenoxy) is 2. The number of hydrogen-bond donors (Lipinski definition) is 0. The Morgan fingerprint density at radius 3 is 1.67 bits per heavy atom. The molecule has 0 rings (SSSR count). The zero-order valence-electron chi connectivity index (χ0n) is 6.01. The third-order valence-electron chi connectivity index (χ3n) is 0.674. The van der Waals surface area contributed by atoms with Crippen LogP contribution in [0.1, 0.15) is 0 Å². The van der Waals surface area contributed by atoms with Gasteiger partial charge in [-0.25, -0.2) is 18.4 Å². The van der Waals surface area contributed by atoms with Crippen molar-refractivity contribution in [3.8, 4) is 0 Å². The Bertz CT molecular complexity index is 182. The number of carbonyl (C=O) groups is 2. The summed E-state index contributed by atoms with van der Waals surface area (Å²) in [6.45, 7) is 0.173. The lowest BCUT2D eigenvalue weighted by molar-refractivity contribution is -0.154. The molecule has 4 nitrogen and oxygen atoms in total. The molecule has 6 heteroatoms. The third kappa shape index (κ3) is 4.37. The second kappa shape index (κ2) is 5.22. The molecule has 0 unspecified atom stereocenters. The van der Waals surface area contributed by atoms with Crippen LogP contribution in [0.3, 0.4) is 0 Å². The Morgan fingerprint density at radius 2 is 1.42 bits per heavy atom. The van der Waals surface area contributed by atoms with Crippen LogP contribution >= 0.6 is 0 Å². The monoisotopic (exact) mass is 180 g/mol. The van der Waals surface area contributed by atoms with E-state index in [1.807, 2.05) is 0 Å². The lowest BCUT2D eigenvalue weighted by Crippen LogP contribution is -2.12. The normalized spacial score (nSPS) is 8.83. The van der Waals surface area contributed by atoms with E-state index in [1.54, 1.807) is 0 Å². The standard InChI is InChI=1S/C6H6F2O4/c1-4(11-5(9)2-7)12-6(10)3-8/h1-3H2. The van der Waals surface area contributed by atoms with Crippen LogP contribution in [-0.2, 0) is 19.1 Å². The summed E-state index contributed by atoms with van der Waals surface area (Å²) in [5, 5.41) is 0. The van der Waals surface area contributed by atoms with Crippen LogP contribution in [0.2, 0.25) is 0 Å². The number of esters is 2. The van der Waals surface area contributed by atoms with Crippen molar-refractivity contribution < 1.29 is 27.8 Å². The molecule has 0 N–H and O–H groups in total. The molecule has 0 radical (unpaired) electrons. The topological polar surface area (TPSA) is 52.6 Å². The second-order valence-corrected chi connectivity index (χ2v) is 1.59. The van der Waals surface area contributed by atoms with Gasteiger partial charge in [-0.3, -0.25) is 0 Å². The Hall–Kier alpha value is -1.46. The maximum absolute atomic E-state index is 11.4. The van der Waals surface area contributed by atoms with E-state index < -0.39 is 31.2 Å². The fraction of sp³-hybridized carbons (Fsp3) is 0.333. The van der Waals surface area contributed by atoms with Crippen molar-refractivity contribution in [3.63, 3.8) is 0 Å². The lowest BCUT2D eigenvalue weighted by atomic mass is 10.7. The van der Waals surface area contributed by atoms with Crippen LogP contribution in [0.5, 0.6) is 0 Å². The molecule has 0 aromatic heterocycles. The average molecular weight is 180 g/mol. The largest absolute Gasteiger partial charge is 0.391 e. The van der Waals surface area contributed by atoms with Crippen molar-refractivity contribution in [2.45, 2.75) is 0 Å². The molecule has 12 heavy (non-hydrogen) atoms.